The summed E-state index contributed by atoms with van der Waals surface area (Å²) in [6.45, 7) is 3.79. The molecule has 3 rings (SSSR count). The predicted molar refractivity (Wildman–Crippen MR) is 94.7 cm³/mol. The summed E-state index contributed by atoms with van der Waals surface area (Å²) in [4.78, 5) is 29.1. The van der Waals surface area contributed by atoms with E-state index in [2.05, 4.69) is 10.3 Å². The molecule has 0 aliphatic carbocycles. The number of thiophene rings is 1. The number of hydrogen-bond donors (Lipinski definition) is 3. The third-order valence-corrected chi connectivity index (χ3v) is 4.95. The van der Waals surface area contributed by atoms with Crippen molar-refractivity contribution < 1.29 is 14.7 Å². The minimum Gasteiger partial charge on any atom is -0.480 e. The van der Waals surface area contributed by atoms with Gasteiger partial charge in [0.1, 0.15) is 6.04 Å². The smallest absolute Gasteiger partial charge is 0.326 e. The highest BCUT2D eigenvalue weighted by Crippen LogP contribution is 2.22. The first-order chi connectivity index (χ1) is 11.5. The molecular weight excluding hydrogens is 324 g/mol. The van der Waals surface area contributed by atoms with E-state index in [0.29, 0.717) is 5.56 Å². The van der Waals surface area contributed by atoms with Crippen LogP contribution in [-0.4, -0.2) is 28.0 Å². The number of nitrogens with one attached hydrogen (secondary N) is 2. The summed E-state index contributed by atoms with van der Waals surface area (Å²) >= 11 is 1.53. The van der Waals surface area contributed by atoms with Crippen molar-refractivity contribution in [1.82, 2.24) is 10.3 Å². The highest BCUT2D eigenvalue weighted by atomic mass is 32.1. The van der Waals surface area contributed by atoms with Gasteiger partial charge in [-0.3, -0.25) is 4.79 Å². The van der Waals surface area contributed by atoms with E-state index in [-0.39, 0.29) is 12.3 Å². The van der Waals surface area contributed by atoms with Gasteiger partial charge in [-0.2, -0.15) is 0 Å². The number of carboxylic acid groups (broad SMARTS) is 1. The van der Waals surface area contributed by atoms with Crippen molar-refractivity contribution in [2.75, 3.05) is 0 Å². The highest BCUT2D eigenvalue weighted by molar-refractivity contribution is 7.12. The molecule has 3 N–H and O–H groups in total. The van der Waals surface area contributed by atoms with Crippen LogP contribution in [0.4, 0.5) is 0 Å². The molecule has 6 heteroatoms. The fourth-order valence-electron chi connectivity index (χ4n) is 2.81. The first kappa shape index (κ1) is 16.3. The molecule has 0 fully saturated rings. The molecule has 0 spiro atoms. The van der Waals surface area contributed by atoms with Gasteiger partial charge >= 0.3 is 5.97 Å². The lowest BCUT2D eigenvalue weighted by molar-refractivity contribution is -0.139. The van der Waals surface area contributed by atoms with Crippen LogP contribution in [0.3, 0.4) is 0 Å². The van der Waals surface area contributed by atoms with E-state index < -0.39 is 12.0 Å². The molecule has 0 radical (unpaired) electrons. The zero-order valence-electron chi connectivity index (χ0n) is 13.4. The van der Waals surface area contributed by atoms with Crippen LogP contribution < -0.4 is 5.32 Å². The van der Waals surface area contributed by atoms with Crippen LogP contribution in [0.15, 0.2) is 36.5 Å². The maximum Gasteiger partial charge on any atom is 0.326 e. The lowest BCUT2D eigenvalue weighted by atomic mass is 10.0. The zero-order chi connectivity index (χ0) is 17.3. The Labute approximate surface area is 143 Å². The second-order valence-electron chi connectivity index (χ2n) is 5.75. The highest BCUT2D eigenvalue weighted by Gasteiger charge is 2.23. The number of H-pyrrole nitrogens is 1. The predicted octanol–water partition coefficient (Wildman–Crippen LogP) is 3.27. The second-order valence-corrected chi connectivity index (χ2v) is 7.22. The van der Waals surface area contributed by atoms with Crippen molar-refractivity contribution in [2.45, 2.75) is 26.3 Å². The lowest BCUT2D eigenvalue weighted by Crippen LogP contribution is -2.42. The van der Waals surface area contributed by atoms with Crippen LogP contribution in [0.1, 0.15) is 25.7 Å². The first-order valence-corrected chi connectivity index (χ1v) is 8.43. The van der Waals surface area contributed by atoms with Crippen molar-refractivity contribution in [1.29, 1.82) is 0 Å². The summed E-state index contributed by atoms with van der Waals surface area (Å²) in [7, 11) is 0. The zero-order valence-corrected chi connectivity index (χ0v) is 14.2. The SMILES string of the molecule is Cc1cc(C(=O)N[C@@H](Cc2c[nH]c3ccccc23)C(=O)O)c(C)s1. The molecule has 0 bridgehead atoms. The van der Waals surface area contributed by atoms with Crippen molar-refractivity contribution >= 4 is 34.1 Å². The largest absolute Gasteiger partial charge is 0.480 e. The number of benzene rings is 1. The average Bonchev–Trinajstić information content (AvgIpc) is 3.09. The van der Waals surface area contributed by atoms with Crippen molar-refractivity contribution in [2.24, 2.45) is 0 Å². The minimum atomic E-state index is -1.04. The van der Waals surface area contributed by atoms with E-state index in [1.165, 1.54) is 11.3 Å². The Morgan fingerprint density at radius 1 is 1.29 bits per heavy atom. The van der Waals surface area contributed by atoms with Gasteiger partial charge in [0, 0.05) is 33.3 Å². The summed E-state index contributed by atoms with van der Waals surface area (Å²) in [5.74, 6) is -1.39. The third-order valence-electron chi connectivity index (χ3n) is 3.99. The molecule has 0 unspecified atom stereocenters. The summed E-state index contributed by atoms with van der Waals surface area (Å²) in [5.41, 5.74) is 2.37. The van der Waals surface area contributed by atoms with Crippen LogP contribution >= 0.6 is 11.3 Å². The number of para-hydroxylation sites is 1. The Hall–Kier alpha value is -2.60. The number of amides is 1. The third kappa shape index (κ3) is 3.19. The first-order valence-electron chi connectivity index (χ1n) is 7.61. The van der Waals surface area contributed by atoms with Crippen LogP contribution in [0.25, 0.3) is 10.9 Å². The van der Waals surface area contributed by atoms with Gasteiger partial charge in [0.2, 0.25) is 0 Å². The number of carboxylic acids is 1. The molecule has 0 saturated carbocycles. The van der Waals surface area contributed by atoms with Crippen LogP contribution in [0.5, 0.6) is 0 Å². The number of aromatic amines is 1. The van der Waals surface area contributed by atoms with Crippen molar-refractivity contribution in [3.05, 3.63) is 57.4 Å². The lowest BCUT2D eigenvalue weighted by Gasteiger charge is -2.14. The number of aliphatic carboxylic acids is 1. The number of aromatic nitrogens is 1. The maximum atomic E-state index is 12.4. The van der Waals surface area contributed by atoms with E-state index in [1.807, 2.05) is 38.1 Å². The summed E-state index contributed by atoms with van der Waals surface area (Å²) in [6.07, 6.45) is 2.03. The topological polar surface area (TPSA) is 82.2 Å². The number of rotatable bonds is 5. The van der Waals surface area contributed by atoms with E-state index >= 15 is 0 Å². The van der Waals surface area contributed by atoms with Crippen LogP contribution in [-0.2, 0) is 11.2 Å². The van der Waals surface area contributed by atoms with Gasteiger partial charge < -0.3 is 15.4 Å². The van der Waals surface area contributed by atoms with Gasteiger partial charge in [-0.05, 0) is 31.5 Å². The fraction of sp³-hybridized carbons (Fsp3) is 0.222. The average molecular weight is 342 g/mol. The molecule has 3 aromatic rings. The quantitative estimate of drug-likeness (QED) is 0.665. The van der Waals surface area contributed by atoms with Crippen LogP contribution in [0, 0.1) is 13.8 Å². The van der Waals surface area contributed by atoms with Gasteiger partial charge in [0.15, 0.2) is 0 Å². The molecule has 2 aromatic heterocycles. The van der Waals surface area contributed by atoms with E-state index in [1.54, 1.807) is 12.3 Å². The molecule has 1 atom stereocenters. The molecule has 0 aliphatic heterocycles. The molecule has 1 amide bonds. The van der Waals surface area contributed by atoms with Gasteiger partial charge in [-0.15, -0.1) is 11.3 Å². The Morgan fingerprint density at radius 2 is 2.04 bits per heavy atom. The Morgan fingerprint density at radius 3 is 2.71 bits per heavy atom. The number of hydrogen-bond acceptors (Lipinski definition) is 3. The van der Waals surface area contributed by atoms with Gasteiger partial charge in [-0.1, -0.05) is 18.2 Å². The van der Waals surface area contributed by atoms with Crippen molar-refractivity contribution in [3.63, 3.8) is 0 Å². The Bertz CT molecular complexity index is 910. The van der Waals surface area contributed by atoms with Gasteiger partial charge in [0.25, 0.3) is 5.91 Å². The molecular formula is C18H18N2O3S. The Balaban J connectivity index is 1.81. The van der Waals surface area contributed by atoms with E-state index in [9.17, 15) is 14.7 Å². The fourth-order valence-corrected chi connectivity index (χ4v) is 3.73. The maximum absolute atomic E-state index is 12.4. The number of carbonyl (C=O) groups is 2. The van der Waals surface area contributed by atoms with Crippen molar-refractivity contribution in [3.8, 4) is 0 Å². The minimum absolute atomic E-state index is 0.229. The Kier molecular flexibility index (Phi) is 4.40. The summed E-state index contributed by atoms with van der Waals surface area (Å²) < 4.78 is 0. The number of fused-ring (bicyclic) bond motifs is 1. The van der Waals surface area contributed by atoms with Crippen LogP contribution in [0.2, 0.25) is 0 Å². The van der Waals surface area contributed by atoms with Gasteiger partial charge in [-0.25, -0.2) is 4.79 Å². The molecule has 5 nitrogen and oxygen atoms in total. The van der Waals surface area contributed by atoms with E-state index in [4.69, 9.17) is 0 Å². The molecule has 0 aliphatic rings. The molecule has 1 aromatic carbocycles. The number of aryl methyl sites for hydroxylation is 2. The summed E-state index contributed by atoms with van der Waals surface area (Å²) in [5, 5.41) is 13.1. The van der Waals surface area contributed by atoms with Gasteiger partial charge in [0.05, 0.1) is 5.56 Å². The standard InChI is InChI=1S/C18H18N2O3S/c1-10-7-14(11(2)24-10)17(21)20-16(18(22)23)8-12-9-19-15-6-4-3-5-13(12)15/h3-7,9,16,19H,8H2,1-2H3,(H,20,21)(H,22,23)/t16-/m0/s1. The number of carbonyl (C=O) groups excluding carboxylic acids is 1. The van der Waals surface area contributed by atoms with E-state index in [0.717, 1.165) is 26.2 Å². The monoisotopic (exact) mass is 342 g/mol. The normalized spacial score (nSPS) is 12.2. The second kappa shape index (κ2) is 6.49. The molecule has 0 saturated heterocycles. The molecule has 124 valence electrons. The molecule has 24 heavy (non-hydrogen) atoms. The molecule has 2 heterocycles. The summed E-state index contributed by atoms with van der Waals surface area (Å²) in [6, 6.07) is 8.52.